The molecule has 1 N–H and O–H groups in total. The highest BCUT2D eigenvalue weighted by Gasteiger charge is 2.31. The van der Waals surface area contributed by atoms with Crippen LogP contribution in [0.25, 0.3) is 5.69 Å². The SMILES string of the molecule is COc1cc(C(C)(C)c2cnc(SCc3c(C(=O)NC4CC[N+](C)(C)CC4)ccc(F)c3Cl)n2-c2ccc(F)cc2)ccc1Cl. The van der Waals surface area contributed by atoms with E-state index in [2.05, 4.69) is 33.3 Å². The molecule has 1 saturated heterocycles. The maximum Gasteiger partial charge on any atom is 0.251 e. The lowest BCUT2D eigenvalue weighted by Crippen LogP contribution is -2.51. The van der Waals surface area contributed by atoms with Crippen LogP contribution in [0.5, 0.6) is 5.75 Å². The van der Waals surface area contributed by atoms with Gasteiger partial charge in [-0.05, 0) is 59.7 Å². The predicted molar refractivity (Wildman–Crippen MR) is 177 cm³/mol. The smallest absolute Gasteiger partial charge is 0.251 e. The van der Waals surface area contributed by atoms with Crippen LogP contribution in [-0.2, 0) is 11.2 Å². The van der Waals surface area contributed by atoms with Crippen molar-refractivity contribution >= 4 is 40.9 Å². The standard InChI is InChI=1S/C34H36Cl2F2N4O2S/c1-34(2,21-6-12-27(35)29(18-21)44-5)30-19-39-33(41(30)24-9-7-22(37)8-10-24)45-20-26-25(11-13-28(38)31(26)36)32(43)40-23-14-16-42(3,4)17-15-23/h6-13,18-19,23H,14-17,20H2,1-5H3/p+1. The first kappa shape index (κ1) is 33.3. The summed E-state index contributed by atoms with van der Waals surface area (Å²) in [5.74, 6) is -0.502. The molecule has 1 aliphatic rings. The Morgan fingerprint density at radius 2 is 1.78 bits per heavy atom. The second kappa shape index (κ2) is 13.3. The minimum absolute atomic E-state index is 0.0432. The van der Waals surface area contributed by atoms with Crippen LogP contribution >= 0.6 is 35.0 Å². The summed E-state index contributed by atoms with van der Waals surface area (Å²) in [7, 11) is 5.93. The van der Waals surface area contributed by atoms with Gasteiger partial charge in [0.05, 0.1) is 56.2 Å². The predicted octanol–water partition coefficient (Wildman–Crippen LogP) is 8.05. The fraction of sp³-hybridized carbons (Fsp3) is 0.353. The van der Waals surface area contributed by atoms with Crippen molar-refractivity contribution in [3.8, 4) is 11.4 Å². The van der Waals surface area contributed by atoms with Gasteiger partial charge in [-0.1, -0.05) is 54.9 Å². The molecule has 0 saturated carbocycles. The van der Waals surface area contributed by atoms with Gasteiger partial charge in [0, 0.05) is 41.3 Å². The lowest BCUT2D eigenvalue weighted by Gasteiger charge is -2.37. The molecule has 0 spiro atoms. The van der Waals surface area contributed by atoms with E-state index in [1.165, 1.54) is 36.0 Å². The van der Waals surface area contributed by atoms with Crippen molar-refractivity contribution in [1.29, 1.82) is 0 Å². The minimum Gasteiger partial charge on any atom is -0.495 e. The van der Waals surface area contributed by atoms with Crippen LogP contribution in [-0.4, -0.2) is 60.3 Å². The first-order valence-electron chi connectivity index (χ1n) is 14.7. The number of thioether (sulfide) groups is 1. The number of imidazole rings is 1. The van der Waals surface area contributed by atoms with Crippen LogP contribution in [0.15, 0.2) is 66.0 Å². The van der Waals surface area contributed by atoms with Gasteiger partial charge in [-0.2, -0.15) is 0 Å². The maximum atomic E-state index is 14.8. The van der Waals surface area contributed by atoms with E-state index >= 15 is 0 Å². The summed E-state index contributed by atoms with van der Waals surface area (Å²) >= 11 is 14.1. The van der Waals surface area contributed by atoms with Crippen LogP contribution in [0.2, 0.25) is 10.0 Å². The van der Waals surface area contributed by atoms with E-state index in [4.69, 9.17) is 32.9 Å². The highest BCUT2D eigenvalue weighted by atomic mass is 35.5. The zero-order valence-corrected chi connectivity index (χ0v) is 28.3. The molecule has 1 amide bonds. The topological polar surface area (TPSA) is 56.1 Å². The quantitative estimate of drug-likeness (QED) is 0.144. The van der Waals surface area contributed by atoms with Gasteiger partial charge in [0.25, 0.3) is 5.91 Å². The van der Waals surface area contributed by atoms with Crippen LogP contribution < -0.4 is 10.1 Å². The number of hydrogen-bond donors (Lipinski definition) is 1. The maximum absolute atomic E-state index is 14.8. The third-order valence-electron chi connectivity index (χ3n) is 8.61. The molecule has 5 rings (SSSR count). The molecule has 4 aromatic rings. The van der Waals surface area contributed by atoms with Gasteiger partial charge < -0.3 is 14.5 Å². The van der Waals surface area contributed by atoms with Crippen LogP contribution in [0.1, 0.15) is 53.9 Å². The summed E-state index contributed by atoms with van der Waals surface area (Å²) in [6, 6.07) is 14.5. The molecule has 0 aliphatic carbocycles. The lowest BCUT2D eigenvalue weighted by atomic mass is 9.81. The average Bonchev–Trinajstić information content (AvgIpc) is 3.44. The number of hydrogen-bond acceptors (Lipinski definition) is 4. The van der Waals surface area contributed by atoms with Crippen molar-refractivity contribution in [3.63, 3.8) is 0 Å². The number of benzene rings is 3. The first-order valence-corrected chi connectivity index (χ1v) is 16.5. The molecule has 1 aliphatic heterocycles. The van der Waals surface area contributed by atoms with Gasteiger partial charge in [0.1, 0.15) is 17.4 Å². The second-order valence-corrected chi connectivity index (χ2v) is 14.2. The largest absolute Gasteiger partial charge is 0.495 e. The molecule has 0 atom stereocenters. The number of nitrogens with zero attached hydrogens (tertiary/aromatic N) is 3. The summed E-state index contributed by atoms with van der Waals surface area (Å²) in [5, 5.41) is 4.12. The number of methoxy groups -OCH3 is 1. The molecular formula is C34H37Cl2F2N4O2S+. The average molecular weight is 675 g/mol. The summed E-state index contributed by atoms with van der Waals surface area (Å²) < 4.78 is 37.1. The number of nitrogens with one attached hydrogen (secondary N) is 1. The van der Waals surface area contributed by atoms with E-state index in [-0.39, 0.29) is 28.5 Å². The molecule has 2 heterocycles. The molecule has 45 heavy (non-hydrogen) atoms. The Labute approximate surface area is 277 Å². The minimum atomic E-state index is -0.596. The van der Waals surface area contributed by atoms with Gasteiger partial charge >= 0.3 is 0 Å². The van der Waals surface area contributed by atoms with Gasteiger partial charge in [-0.25, -0.2) is 13.8 Å². The highest BCUT2D eigenvalue weighted by Crippen LogP contribution is 2.40. The Morgan fingerprint density at radius 3 is 2.44 bits per heavy atom. The van der Waals surface area contributed by atoms with E-state index in [9.17, 15) is 13.6 Å². The number of piperidine rings is 1. The fourth-order valence-electron chi connectivity index (χ4n) is 5.67. The number of amides is 1. The number of carbonyl (C=O) groups excluding carboxylic acids is 1. The number of rotatable bonds is 9. The number of quaternary nitrogens is 1. The zero-order chi connectivity index (χ0) is 32.5. The van der Waals surface area contributed by atoms with E-state index in [1.54, 1.807) is 31.5 Å². The summed E-state index contributed by atoms with van der Waals surface area (Å²) in [5.41, 5.74) is 2.59. The number of likely N-dealkylation sites (tertiary alicyclic amines) is 1. The Bertz CT molecular complexity index is 1700. The molecule has 0 bridgehead atoms. The zero-order valence-electron chi connectivity index (χ0n) is 26.0. The Hall–Kier alpha value is -3.11. The summed E-state index contributed by atoms with van der Waals surface area (Å²) in [6.45, 7) is 6.04. The van der Waals surface area contributed by atoms with Crippen LogP contribution in [0.4, 0.5) is 8.78 Å². The molecule has 1 fully saturated rings. The van der Waals surface area contributed by atoms with Gasteiger partial charge in [0.2, 0.25) is 0 Å². The first-order chi connectivity index (χ1) is 21.3. The molecule has 0 radical (unpaired) electrons. The van der Waals surface area contributed by atoms with Crippen LogP contribution in [0.3, 0.4) is 0 Å². The third-order valence-corrected chi connectivity index (χ3v) is 10.3. The fourth-order valence-corrected chi connectivity index (χ4v) is 7.21. The summed E-state index contributed by atoms with van der Waals surface area (Å²) in [6.07, 6.45) is 3.51. The normalized spacial score (nSPS) is 15.2. The van der Waals surface area contributed by atoms with Crippen LogP contribution in [0, 0.1) is 11.6 Å². The number of carbonyl (C=O) groups is 1. The van der Waals surface area contributed by atoms with Gasteiger partial charge in [-0.3, -0.25) is 9.36 Å². The van der Waals surface area contributed by atoms with Crippen molar-refractivity contribution in [2.24, 2.45) is 0 Å². The Kier molecular flexibility index (Phi) is 9.84. The molecule has 1 aromatic heterocycles. The second-order valence-electron chi connectivity index (χ2n) is 12.5. The van der Waals surface area contributed by atoms with Crippen molar-refractivity contribution in [2.45, 2.75) is 49.1 Å². The lowest BCUT2D eigenvalue weighted by molar-refractivity contribution is -0.895. The highest BCUT2D eigenvalue weighted by molar-refractivity contribution is 7.98. The molecule has 238 valence electrons. The molecular weight excluding hydrogens is 637 g/mol. The summed E-state index contributed by atoms with van der Waals surface area (Å²) in [4.78, 5) is 18.2. The van der Waals surface area contributed by atoms with Crippen molar-refractivity contribution in [1.82, 2.24) is 14.9 Å². The van der Waals surface area contributed by atoms with E-state index < -0.39 is 11.2 Å². The molecule has 0 unspecified atom stereocenters. The van der Waals surface area contributed by atoms with E-state index in [0.717, 1.165) is 41.7 Å². The third kappa shape index (κ3) is 7.17. The molecule has 3 aromatic carbocycles. The van der Waals surface area contributed by atoms with Gasteiger partial charge in [-0.15, -0.1) is 0 Å². The molecule has 11 heteroatoms. The van der Waals surface area contributed by atoms with E-state index in [1.807, 2.05) is 16.7 Å². The van der Waals surface area contributed by atoms with Crippen molar-refractivity contribution in [2.75, 3.05) is 34.3 Å². The Balaban J connectivity index is 1.49. The number of ether oxygens (including phenoxy) is 1. The van der Waals surface area contributed by atoms with E-state index in [0.29, 0.717) is 32.7 Å². The monoisotopic (exact) mass is 673 g/mol. The van der Waals surface area contributed by atoms with Crippen molar-refractivity contribution < 1.29 is 22.8 Å². The van der Waals surface area contributed by atoms with Gasteiger partial charge in [0.15, 0.2) is 5.16 Å². The van der Waals surface area contributed by atoms with Crippen molar-refractivity contribution in [3.05, 3.63) is 105 Å². The molecule has 6 nitrogen and oxygen atoms in total. The number of aromatic nitrogens is 2. The number of halogens is 4. The Morgan fingerprint density at radius 1 is 1.09 bits per heavy atom.